The van der Waals surface area contributed by atoms with E-state index in [0.717, 1.165) is 5.75 Å². The minimum atomic E-state index is -1.06. The summed E-state index contributed by atoms with van der Waals surface area (Å²) in [5.74, 6) is 1.68. The van der Waals surface area contributed by atoms with Gasteiger partial charge in [-0.25, -0.2) is 9.97 Å². The molecule has 1 aliphatic rings. The molecular weight excluding hydrogens is 326 g/mol. The van der Waals surface area contributed by atoms with E-state index in [4.69, 9.17) is 22.7 Å². The second-order valence-electron chi connectivity index (χ2n) is 4.98. The van der Waals surface area contributed by atoms with E-state index in [-0.39, 0.29) is 10.6 Å². The van der Waals surface area contributed by atoms with E-state index >= 15 is 0 Å². The molecule has 5 N–H and O–H groups in total. The smallest absolute Gasteiger partial charge is 0.200 e. The molecule has 0 amide bonds. The molecule has 3 rings (SSSR count). The van der Waals surface area contributed by atoms with Crippen molar-refractivity contribution in [1.82, 2.24) is 19.5 Å². The number of anilines is 1. The number of hydrogen-bond donors (Lipinski definition) is 4. The number of aliphatic hydroxyl groups excluding tert-OH is 2. The van der Waals surface area contributed by atoms with Crippen molar-refractivity contribution in [1.29, 1.82) is 0 Å². The Labute approximate surface area is 135 Å². The van der Waals surface area contributed by atoms with Crippen LogP contribution in [-0.2, 0) is 4.74 Å². The van der Waals surface area contributed by atoms with E-state index in [2.05, 4.69) is 15.0 Å². The summed E-state index contributed by atoms with van der Waals surface area (Å²) in [4.78, 5) is 11.0. The zero-order chi connectivity index (χ0) is 15.9. The molecule has 2 aromatic heterocycles. The van der Waals surface area contributed by atoms with Crippen LogP contribution in [0.3, 0.4) is 0 Å². The average Bonchev–Trinajstić information content (AvgIpc) is 3.00. The number of thioether (sulfide) groups is 1. The number of nitrogens with two attached hydrogens (primary N) is 1. The molecule has 4 atom stereocenters. The number of nitrogen functional groups attached to an aromatic ring is 1. The highest BCUT2D eigenvalue weighted by Crippen LogP contribution is 2.32. The second-order valence-corrected chi connectivity index (χ2v) is 6.69. The van der Waals surface area contributed by atoms with Crippen LogP contribution in [0, 0.1) is 4.64 Å². The number of H-pyrrole nitrogens is 1. The molecule has 1 fully saturated rings. The number of ether oxygens (including phenoxy) is 1. The van der Waals surface area contributed by atoms with Crippen LogP contribution in [0.15, 0.2) is 6.33 Å². The van der Waals surface area contributed by atoms with E-state index in [1.165, 1.54) is 6.33 Å². The fraction of sp³-hybridized carbons (Fsp3) is 0.583. The predicted molar refractivity (Wildman–Crippen MR) is 86.0 cm³/mol. The molecule has 0 radical (unpaired) electrons. The van der Waals surface area contributed by atoms with E-state index in [9.17, 15) is 10.2 Å². The summed E-state index contributed by atoms with van der Waals surface area (Å²) in [5.41, 5.74) is 6.66. The summed E-state index contributed by atoms with van der Waals surface area (Å²) in [5, 5.41) is 20.4. The highest BCUT2D eigenvalue weighted by molar-refractivity contribution is 7.99. The molecule has 0 aromatic carbocycles. The lowest BCUT2D eigenvalue weighted by Gasteiger charge is -2.16. The fourth-order valence-electron chi connectivity index (χ4n) is 2.48. The highest BCUT2D eigenvalue weighted by Gasteiger charge is 2.43. The molecule has 0 saturated carbocycles. The van der Waals surface area contributed by atoms with Crippen molar-refractivity contribution in [3.63, 3.8) is 0 Å². The van der Waals surface area contributed by atoms with Crippen LogP contribution in [0.5, 0.6) is 0 Å². The van der Waals surface area contributed by atoms with Gasteiger partial charge in [0.25, 0.3) is 0 Å². The number of nitrogens with zero attached hydrogens (tertiary/aromatic N) is 3. The number of fused-ring (bicyclic) bond motifs is 1. The van der Waals surface area contributed by atoms with E-state index < -0.39 is 24.5 Å². The van der Waals surface area contributed by atoms with Crippen LogP contribution in [0.25, 0.3) is 11.2 Å². The Balaban J connectivity index is 1.96. The number of nitrogens with one attached hydrogen (secondary N) is 1. The minimum Gasteiger partial charge on any atom is -0.387 e. The molecule has 10 heteroatoms. The molecule has 2 aromatic rings. The Kier molecular flexibility index (Phi) is 4.37. The molecule has 0 bridgehead atoms. The van der Waals surface area contributed by atoms with Gasteiger partial charge >= 0.3 is 0 Å². The molecule has 8 nitrogen and oxygen atoms in total. The zero-order valence-electron chi connectivity index (χ0n) is 11.8. The lowest BCUT2D eigenvalue weighted by molar-refractivity contribution is -0.0288. The predicted octanol–water partition coefficient (Wildman–Crippen LogP) is 0.443. The second kappa shape index (κ2) is 6.13. The van der Waals surface area contributed by atoms with Gasteiger partial charge in [0.2, 0.25) is 0 Å². The van der Waals surface area contributed by atoms with Crippen LogP contribution < -0.4 is 5.73 Å². The normalized spacial score (nSPS) is 28.5. The molecule has 0 aliphatic carbocycles. The quantitative estimate of drug-likeness (QED) is 0.590. The summed E-state index contributed by atoms with van der Waals surface area (Å²) in [6.07, 6.45) is -1.71. The zero-order valence-corrected chi connectivity index (χ0v) is 13.5. The first-order valence-corrected chi connectivity index (χ1v) is 8.41. The fourth-order valence-corrected chi connectivity index (χ4v) is 3.47. The van der Waals surface area contributed by atoms with Crippen molar-refractivity contribution >= 4 is 41.1 Å². The van der Waals surface area contributed by atoms with Crippen molar-refractivity contribution in [3.05, 3.63) is 11.0 Å². The maximum Gasteiger partial charge on any atom is 0.200 e. The summed E-state index contributed by atoms with van der Waals surface area (Å²) >= 11 is 6.76. The van der Waals surface area contributed by atoms with Gasteiger partial charge in [0.15, 0.2) is 16.8 Å². The van der Waals surface area contributed by atoms with Crippen LogP contribution in [0.2, 0.25) is 0 Å². The Bertz CT molecular complexity index is 733. The molecule has 1 aliphatic heterocycles. The summed E-state index contributed by atoms with van der Waals surface area (Å²) in [6, 6.07) is 0. The number of aliphatic hydroxyl groups is 2. The van der Waals surface area contributed by atoms with Crippen LogP contribution in [0.1, 0.15) is 13.2 Å². The van der Waals surface area contributed by atoms with Gasteiger partial charge in [-0.3, -0.25) is 4.57 Å². The third-order valence-electron chi connectivity index (χ3n) is 3.56. The van der Waals surface area contributed by atoms with Crippen molar-refractivity contribution in [2.75, 3.05) is 17.2 Å². The Morgan fingerprint density at radius 2 is 2.27 bits per heavy atom. The lowest BCUT2D eigenvalue weighted by Crippen LogP contribution is -2.32. The Hall–Kier alpha value is -1.20. The van der Waals surface area contributed by atoms with E-state index in [1.807, 2.05) is 6.92 Å². The molecule has 120 valence electrons. The molecular formula is C12H17N5O3S2. The third-order valence-corrected chi connectivity index (χ3v) is 4.82. The number of hydrogen-bond acceptors (Lipinski definition) is 8. The van der Waals surface area contributed by atoms with Crippen molar-refractivity contribution < 1.29 is 14.9 Å². The van der Waals surface area contributed by atoms with Crippen molar-refractivity contribution in [3.8, 4) is 0 Å². The summed E-state index contributed by atoms with van der Waals surface area (Å²) in [7, 11) is 0. The van der Waals surface area contributed by atoms with Crippen LogP contribution in [0.4, 0.5) is 5.95 Å². The SMILES string of the molecule is CCSC[C@@H]1O[C@@H](n2cnc3c(=S)nc(N)[nH]c32)[C@@H](O)[C@@H]1O. The van der Waals surface area contributed by atoms with Gasteiger partial charge in [-0.05, 0) is 5.75 Å². The first-order valence-electron chi connectivity index (χ1n) is 6.84. The van der Waals surface area contributed by atoms with Gasteiger partial charge in [-0.2, -0.15) is 11.8 Å². The number of imidazole rings is 1. The van der Waals surface area contributed by atoms with Gasteiger partial charge in [0, 0.05) is 5.75 Å². The number of rotatable bonds is 4. The lowest BCUT2D eigenvalue weighted by atomic mass is 10.1. The molecule has 22 heavy (non-hydrogen) atoms. The van der Waals surface area contributed by atoms with Crippen molar-refractivity contribution in [2.45, 2.75) is 31.5 Å². The summed E-state index contributed by atoms with van der Waals surface area (Å²) in [6.45, 7) is 2.03. The van der Waals surface area contributed by atoms with Gasteiger partial charge in [0.1, 0.15) is 23.4 Å². The molecule has 0 unspecified atom stereocenters. The first kappa shape index (κ1) is 15.7. The molecule has 3 heterocycles. The Morgan fingerprint density at radius 3 is 3.00 bits per heavy atom. The third kappa shape index (κ3) is 2.61. The maximum atomic E-state index is 10.3. The van der Waals surface area contributed by atoms with E-state index in [0.29, 0.717) is 16.9 Å². The van der Waals surface area contributed by atoms with Gasteiger partial charge < -0.3 is 25.7 Å². The van der Waals surface area contributed by atoms with Crippen molar-refractivity contribution in [2.24, 2.45) is 0 Å². The van der Waals surface area contributed by atoms with E-state index in [1.54, 1.807) is 16.3 Å². The largest absolute Gasteiger partial charge is 0.387 e. The highest BCUT2D eigenvalue weighted by atomic mass is 32.2. The number of aromatic amines is 1. The number of aromatic nitrogens is 4. The maximum absolute atomic E-state index is 10.3. The first-order chi connectivity index (χ1) is 10.5. The van der Waals surface area contributed by atoms with Gasteiger partial charge in [-0.15, -0.1) is 0 Å². The van der Waals surface area contributed by atoms with Gasteiger partial charge in [-0.1, -0.05) is 19.1 Å². The molecule has 1 saturated heterocycles. The monoisotopic (exact) mass is 343 g/mol. The average molecular weight is 343 g/mol. The molecule has 0 spiro atoms. The van der Waals surface area contributed by atoms with Gasteiger partial charge in [0.05, 0.1) is 12.4 Å². The Morgan fingerprint density at radius 1 is 1.50 bits per heavy atom. The summed E-state index contributed by atoms with van der Waals surface area (Å²) < 4.78 is 7.67. The standard InChI is InChI=1S/C12H17N5O3S2/c1-2-22-3-5-7(18)8(19)11(20-5)17-4-14-6-9(17)15-12(13)16-10(6)21/h4-5,7-8,11,18-19H,2-3H2,1H3,(H3,13,15,16,21)/t5-,7+,8-,11+/m0/s1. The van der Waals surface area contributed by atoms with Crippen LogP contribution >= 0.6 is 24.0 Å². The minimum absolute atomic E-state index is 0.158. The topological polar surface area (TPSA) is 122 Å². The van der Waals surface area contributed by atoms with Crippen LogP contribution in [-0.4, -0.2) is 59.5 Å².